The summed E-state index contributed by atoms with van der Waals surface area (Å²) >= 11 is 0. The van der Waals surface area contributed by atoms with Gasteiger partial charge in [0.1, 0.15) is 11.6 Å². The van der Waals surface area contributed by atoms with E-state index in [0.717, 1.165) is 37.5 Å². The molecule has 0 spiro atoms. The molecule has 0 aliphatic heterocycles. The number of amides is 1. The van der Waals surface area contributed by atoms with Gasteiger partial charge in [-0.25, -0.2) is 17.2 Å². The number of hydrogen-bond donors (Lipinski definition) is 1. The molecule has 0 unspecified atom stereocenters. The fourth-order valence-corrected chi connectivity index (χ4v) is 5.07. The number of carbonyl (C=O) groups excluding carboxylic acids is 1. The second kappa shape index (κ2) is 8.79. The molecule has 8 heteroatoms. The number of sulfonamides is 1. The summed E-state index contributed by atoms with van der Waals surface area (Å²) in [5.41, 5.74) is 0.257. The Bertz CT molecular complexity index is 927. The van der Waals surface area contributed by atoms with E-state index in [1.807, 2.05) is 0 Å². The van der Waals surface area contributed by atoms with Gasteiger partial charge < -0.3 is 5.32 Å². The topological polar surface area (TPSA) is 66.5 Å². The van der Waals surface area contributed by atoms with Crippen LogP contribution >= 0.6 is 0 Å². The molecule has 0 heterocycles. The van der Waals surface area contributed by atoms with Crippen molar-refractivity contribution >= 4 is 21.6 Å². The maximum Gasteiger partial charge on any atom is 0.243 e. The van der Waals surface area contributed by atoms with Gasteiger partial charge in [0, 0.05) is 11.7 Å². The first kappa shape index (κ1) is 20.4. The predicted molar refractivity (Wildman–Crippen MR) is 102 cm³/mol. The summed E-state index contributed by atoms with van der Waals surface area (Å²) in [6.45, 7) is -0.388. The molecule has 0 radical (unpaired) electrons. The van der Waals surface area contributed by atoms with Gasteiger partial charge in [0.2, 0.25) is 15.9 Å². The molecule has 5 nitrogen and oxygen atoms in total. The molecule has 1 fully saturated rings. The lowest BCUT2D eigenvalue weighted by Crippen LogP contribution is -2.45. The number of carbonyl (C=O) groups is 1. The molecular weight excluding hydrogens is 386 g/mol. The summed E-state index contributed by atoms with van der Waals surface area (Å²) < 4.78 is 54.0. The van der Waals surface area contributed by atoms with Crippen LogP contribution in [0, 0.1) is 11.6 Å². The molecule has 1 aliphatic carbocycles. The van der Waals surface area contributed by atoms with Gasteiger partial charge in [-0.05, 0) is 55.3 Å². The average Bonchev–Trinajstić information content (AvgIpc) is 2.67. The predicted octanol–water partition coefficient (Wildman–Crippen LogP) is 3.93. The lowest BCUT2D eigenvalue weighted by molar-refractivity contribution is -0.116. The minimum Gasteiger partial charge on any atom is -0.325 e. The van der Waals surface area contributed by atoms with Crippen LogP contribution < -0.4 is 5.32 Å². The molecule has 2 aromatic rings. The van der Waals surface area contributed by atoms with Gasteiger partial charge in [0.05, 0.1) is 11.4 Å². The molecule has 1 amide bonds. The summed E-state index contributed by atoms with van der Waals surface area (Å²) in [6, 6.07) is 9.66. The van der Waals surface area contributed by atoms with Crippen molar-refractivity contribution in [3.8, 4) is 0 Å². The van der Waals surface area contributed by atoms with Gasteiger partial charge in [0.25, 0.3) is 0 Å². The van der Waals surface area contributed by atoms with Crippen LogP contribution in [0.15, 0.2) is 53.4 Å². The zero-order chi connectivity index (χ0) is 20.1. The summed E-state index contributed by atoms with van der Waals surface area (Å²) in [7, 11) is -3.98. The van der Waals surface area contributed by atoms with Gasteiger partial charge in [-0.1, -0.05) is 25.3 Å². The largest absolute Gasteiger partial charge is 0.325 e. The molecule has 0 atom stereocenters. The van der Waals surface area contributed by atoms with Crippen LogP contribution in [0.4, 0.5) is 14.5 Å². The van der Waals surface area contributed by atoms with E-state index in [0.29, 0.717) is 12.8 Å². The van der Waals surface area contributed by atoms with E-state index in [4.69, 9.17) is 0 Å². The number of anilines is 1. The van der Waals surface area contributed by atoms with Crippen molar-refractivity contribution in [3.05, 3.63) is 60.2 Å². The van der Waals surface area contributed by atoms with E-state index in [2.05, 4.69) is 5.32 Å². The Balaban J connectivity index is 1.84. The first-order chi connectivity index (χ1) is 13.4. The first-order valence-electron chi connectivity index (χ1n) is 9.19. The van der Waals surface area contributed by atoms with Crippen LogP contribution in [0.25, 0.3) is 0 Å². The minimum absolute atomic E-state index is 0.0574. The van der Waals surface area contributed by atoms with Crippen molar-refractivity contribution in [2.75, 3.05) is 11.9 Å². The van der Waals surface area contributed by atoms with E-state index in [1.165, 1.54) is 34.6 Å². The van der Waals surface area contributed by atoms with Crippen molar-refractivity contribution in [2.24, 2.45) is 0 Å². The maximum atomic E-state index is 13.3. The molecule has 2 aromatic carbocycles. The quantitative estimate of drug-likeness (QED) is 0.788. The Labute approximate surface area is 163 Å². The molecule has 0 saturated heterocycles. The van der Waals surface area contributed by atoms with Crippen molar-refractivity contribution in [2.45, 2.75) is 43.0 Å². The summed E-state index contributed by atoms with van der Waals surface area (Å²) in [5, 5.41) is 2.54. The highest BCUT2D eigenvalue weighted by Gasteiger charge is 2.34. The first-order valence-corrected chi connectivity index (χ1v) is 10.6. The highest BCUT2D eigenvalue weighted by atomic mass is 32.2. The van der Waals surface area contributed by atoms with Gasteiger partial charge in [-0.15, -0.1) is 0 Å². The van der Waals surface area contributed by atoms with E-state index < -0.39 is 27.6 Å². The number of benzene rings is 2. The van der Waals surface area contributed by atoms with Crippen molar-refractivity contribution in [3.63, 3.8) is 0 Å². The molecule has 28 heavy (non-hydrogen) atoms. The summed E-state index contributed by atoms with van der Waals surface area (Å²) in [6.07, 6.45) is 4.11. The third-order valence-corrected chi connectivity index (χ3v) is 6.72. The van der Waals surface area contributed by atoms with Gasteiger partial charge >= 0.3 is 0 Å². The Morgan fingerprint density at radius 2 is 1.68 bits per heavy atom. The molecule has 150 valence electrons. The van der Waals surface area contributed by atoms with E-state index in [-0.39, 0.29) is 23.2 Å². The third kappa shape index (κ3) is 4.94. The van der Waals surface area contributed by atoms with Gasteiger partial charge in [-0.3, -0.25) is 4.79 Å². The SMILES string of the molecule is O=C(CN(C1CCCCC1)S(=O)(=O)c1ccc(F)cc1)Nc1cccc(F)c1. The highest BCUT2D eigenvalue weighted by molar-refractivity contribution is 7.89. The molecule has 1 saturated carbocycles. The molecule has 1 aliphatic rings. The lowest BCUT2D eigenvalue weighted by atomic mass is 9.95. The average molecular weight is 408 g/mol. The minimum atomic E-state index is -3.98. The van der Waals surface area contributed by atoms with Crippen LogP contribution in [0.1, 0.15) is 32.1 Å². The zero-order valence-electron chi connectivity index (χ0n) is 15.3. The molecule has 3 rings (SSSR count). The standard InChI is InChI=1S/C20H22F2N2O3S/c21-15-9-11-19(12-10-15)28(26,27)24(18-7-2-1-3-8-18)14-20(25)23-17-6-4-5-16(22)13-17/h4-6,9-13,18H,1-3,7-8,14H2,(H,23,25). The summed E-state index contributed by atoms with van der Waals surface area (Å²) in [5.74, 6) is -1.59. The van der Waals surface area contributed by atoms with Crippen LogP contribution in [-0.4, -0.2) is 31.2 Å². The Hall–Kier alpha value is -2.32. The Morgan fingerprint density at radius 3 is 2.32 bits per heavy atom. The lowest BCUT2D eigenvalue weighted by Gasteiger charge is -2.33. The Kier molecular flexibility index (Phi) is 6.41. The molecular formula is C20H22F2N2O3S. The Morgan fingerprint density at radius 1 is 1.00 bits per heavy atom. The van der Waals surface area contributed by atoms with E-state index in [9.17, 15) is 22.0 Å². The van der Waals surface area contributed by atoms with E-state index in [1.54, 1.807) is 0 Å². The molecule has 0 bridgehead atoms. The van der Waals surface area contributed by atoms with Gasteiger partial charge in [-0.2, -0.15) is 4.31 Å². The summed E-state index contributed by atoms with van der Waals surface area (Å²) in [4.78, 5) is 12.5. The second-order valence-electron chi connectivity index (χ2n) is 6.85. The monoisotopic (exact) mass is 408 g/mol. The van der Waals surface area contributed by atoms with Crippen molar-refractivity contribution in [1.29, 1.82) is 0 Å². The fraction of sp³-hybridized carbons (Fsp3) is 0.350. The number of halogens is 2. The maximum absolute atomic E-state index is 13.3. The second-order valence-corrected chi connectivity index (χ2v) is 8.75. The van der Waals surface area contributed by atoms with Crippen LogP contribution in [0.3, 0.4) is 0 Å². The van der Waals surface area contributed by atoms with Crippen molar-refractivity contribution < 1.29 is 22.0 Å². The normalized spacial score (nSPS) is 15.5. The molecule has 1 N–H and O–H groups in total. The van der Waals surface area contributed by atoms with Crippen molar-refractivity contribution in [1.82, 2.24) is 4.31 Å². The highest BCUT2D eigenvalue weighted by Crippen LogP contribution is 2.28. The number of nitrogens with one attached hydrogen (secondary N) is 1. The zero-order valence-corrected chi connectivity index (χ0v) is 16.1. The van der Waals surface area contributed by atoms with Crippen LogP contribution in [0.5, 0.6) is 0 Å². The number of hydrogen-bond acceptors (Lipinski definition) is 3. The molecule has 0 aromatic heterocycles. The fourth-order valence-electron chi connectivity index (χ4n) is 3.43. The smallest absolute Gasteiger partial charge is 0.243 e. The number of rotatable bonds is 6. The van der Waals surface area contributed by atoms with Crippen LogP contribution in [0.2, 0.25) is 0 Å². The number of nitrogens with zero attached hydrogens (tertiary/aromatic N) is 1. The van der Waals surface area contributed by atoms with E-state index >= 15 is 0 Å². The van der Waals surface area contributed by atoms with Crippen LogP contribution in [-0.2, 0) is 14.8 Å². The third-order valence-electron chi connectivity index (χ3n) is 4.81. The van der Waals surface area contributed by atoms with Gasteiger partial charge in [0.15, 0.2) is 0 Å².